The van der Waals surface area contributed by atoms with Crippen LogP contribution in [0.5, 0.6) is 0 Å². The minimum Gasteiger partial charge on any atom is -0.247 e. The lowest BCUT2D eigenvalue weighted by Gasteiger charge is -1.92. The number of rotatable bonds is 2. The number of hydrogen-bond donors (Lipinski definition) is 1. The molecular formula is C4H5ClN2O2S2. The van der Waals surface area contributed by atoms with Gasteiger partial charge in [0, 0.05) is 0 Å². The quantitative estimate of drug-likeness (QED) is 0.780. The molecule has 11 heavy (non-hydrogen) atoms. The molecule has 0 saturated heterocycles. The Morgan fingerprint density at radius 3 is 2.73 bits per heavy atom. The van der Waals surface area contributed by atoms with E-state index in [9.17, 15) is 8.42 Å². The third-order valence-corrected chi connectivity index (χ3v) is 2.74. The number of nitrogens with zero attached hydrogens (tertiary/aromatic N) is 1. The average molecular weight is 213 g/mol. The summed E-state index contributed by atoms with van der Waals surface area (Å²) in [6, 6.07) is 0. The van der Waals surface area contributed by atoms with Crippen LogP contribution in [0.3, 0.4) is 0 Å². The van der Waals surface area contributed by atoms with Gasteiger partial charge in [0.25, 0.3) is 0 Å². The molecule has 0 amide bonds. The van der Waals surface area contributed by atoms with Crippen molar-refractivity contribution in [3.8, 4) is 0 Å². The molecule has 62 valence electrons. The number of aromatic nitrogens is 1. The average Bonchev–Trinajstić information content (AvgIpc) is 2.12. The molecule has 0 atom stereocenters. The first kappa shape index (κ1) is 8.92. The van der Waals surface area contributed by atoms with Crippen molar-refractivity contribution in [1.29, 1.82) is 0 Å². The summed E-state index contributed by atoms with van der Waals surface area (Å²) in [6.45, 7) is 0. The smallest absolute Gasteiger partial charge is 0.214 e. The standard InChI is InChI=1S/C4H5ClN2O2S2/c5-4-3(7-2-10-4)1-11(6,8)9/h2H,1H2,(H2,6,8,9). The molecule has 0 spiro atoms. The summed E-state index contributed by atoms with van der Waals surface area (Å²) in [4.78, 5) is 3.73. The van der Waals surface area contributed by atoms with Crippen LogP contribution in [0.4, 0.5) is 0 Å². The maximum absolute atomic E-state index is 10.5. The van der Waals surface area contributed by atoms with E-state index in [-0.39, 0.29) is 5.75 Å². The highest BCUT2D eigenvalue weighted by Gasteiger charge is 2.10. The summed E-state index contributed by atoms with van der Waals surface area (Å²) >= 11 is 6.76. The van der Waals surface area contributed by atoms with Crippen molar-refractivity contribution in [3.05, 3.63) is 15.5 Å². The van der Waals surface area contributed by atoms with Crippen molar-refractivity contribution in [3.63, 3.8) is 0 Å². The maximum atomic E-state index is 10.5. The Kier molecular flexibility index (Phi) is 2.48. The third kappa shape index (κ3) is 2.74. The molecule has 0 aromatic carbocycles. The normalized spacial score (nSPS) is 11.8. The molecule has 0 aliphatic rings. The highest BCUT2D eigenvalue weighted by atomic mass is 35.5. The van der Waals surface area contributed by atoms with E-state index in [1.165, 1.54) is 16.8 Å². The van der Waals surface area contributed by atoms with Gasteiger partial charge >= 0.3 is 0 Å². The molecule has 0 aliphatic carbocycles. The van der Waals surface area contributed by atoms with Gasteiger partial charge in [0.05, 0.1) is 11.2 Å². The molecule has 0 fully saturated rings. The molecule has 1 heterocycles. The molecule has 1 aromatic heterocycles. The minimum atomic E-state index is -3.51. The lowest BCUT2D eigenvalue weighted by atomic mass is 10.6. The lowest BCUT2D eigenvalue weighted by Crippen LogP contribution is -2.14. The van der Waals surface area contributed by atoms with E-state index in [0.29, 0.717) is 10.0 Å². The zero-order valence-corrected chi connectivity index (χ0v) is 7.71. The summed E-state index contributed by atoms with van der Waals surface area (Å²) in [5.74, 6) is -0.296. The molecule has 2 N–H and O–H groups in total. The Hall–Kier alpha value is -0.170. The van der Waals surface area contributed by atoms with E-state index in [4.69, 9.17) is 16.7 Å². The van der Waals surface area contributed by atoms with Gasteiger partial charge in [0.15, 0.2) is 0 Å². The van der Waals surface area contributed by atoms with Gasteiger partial charge in [-0.2, -0.15) is 0 Å². The maximum Gasteiger partial charge on any atom is 0.214 e. The molecule has 0 aliphatic heterocycles. The second-order valence-electron chi connectivity index (χ2n) is 1.88. The van der Waals surface area contributed by atoms with Crippen molar-refractivity contribution < 1.29 is 8.42 Å². The first-order chi connectivity index (χ1) is 4.99. The number of nitrogens with two attached hydrogens (primary N) is 1. The van der Waals surface area contributed by atoms with Crippen LogP contribution in [0.2, 0.25) is 4.34 Å². The Balaban J connectivity index is 2.89. The van der Waals surface area contributed by atoms with Gasteiger partial charge in [-0.15, -0.1) is 11.3 Å². The predicted octanol–water partition coefficient (Wildman–Crippen LogP) is 0.585. The molecule has 0 saturated carbocycles. The fraction of sp³-hybridized carbons (Fsp3) is 0.250. The van der Waals surface area contributed by atoms with Crippen molar-refractivity contribution in [2.75, 3.05) is 0 Å². The Morgan fingerprint density at radius 2 is 2.36 bits per heavy atom. The Bertz CT molecular complexity index is 345. The van der Waals surface area contributed by atoms with E-state index in [2.05, 4.69) is 4.98 Å². The van der Waals surface area contributed by atoms with Crippen molar-refractivity contribution >= 4 is 33.0 Å². The van der Waals surface area contributed by atoms with Crippen molar-refractivity contribution in [1.82, 2.24) is 4.98 Å². The van der Waals surface area contributed by atoms with Gasteiger partial charge in [0.2, 0.25) is 10.0 Å². The van der Waals surface area contributed by atoms with Gasteiger partial charge in [-0.05, 0) is 0 Å². The largest absolute Gasteiger partial charge is 0.247 e. The number of primary sulfonamides is 1. The van der Waals surface area contributed by atoms with Crippen LogP contribution >= 0.6 is 22.9 Å². The molecule has 1 aromatic rings. The minimum absolute atomic E-state index is 0.296. The van der Waals surface area contributed by atoms with Crippen LogP contribution < -0.4 is 5.14 Å². The summed E-state index contributed by atoms with van der Waals surface area (Å²) < 4.78 is 21.4. The summed E-state index contributed by atoms with van der Waals surface area (Å²) in [7, 11) is -3.51. The zero-order chi connectivity index (χ0) is 8.48. The van der Waals surface area contributed by atoms with Gasteiger partial charge in [0.1, 0.15) is 10.1 Å². The van der Waals surface area contributed by atoms with Crippen LogP contribution in [-0.4, -0.2) is 13.4 Å². The summed E-state index contributed by atoms with van der Waals surface area (Å²) in [5.41, 5.74) is 1.79. The Labute approximate surface area is 73.1 Å². The first-order valence-corrected chi connectivity index (χ1v) is 5.54. The van der Waals surface area contributed by atoms with Gasteiger partial charge < -0.3 is 0 Å². The summed E-state index contributed by atoms with van der Waals surface area (Å²) in [5, 5.41) is 4.77. The topological polar surface area (TPSA) is 73.1 Å². The molecule has 0 radical (unpaired) electrons. The molecule has 4 nitrogen and oxygen atoms in total. The number of halogens is 1. The molecular weight excluding hydrogens is 208 g/mol. The van der Waals surface area contributed by atoms with Crippen molar-refractivity contribution in [2.24, 2.45) is 5.14 Å². The van der Waals surface area contributed by atoms with Crippen LogP contribution in [-0.2, 0) is 15.8 Å². The summed E-state index contributed by atoms with van der Waals surface area (Å²) in [6.07, 6.45) is 0. The highest BCUT2D eigenvalue weighted by molar-refractivity contribution is 7.88. The number of sulfonamides is 1. The lowest BCUT2D eigenvalue weighted by molar-refractivity contribution is 0.596. The van der Waals surface area contributed by atoms with Crippen LogP contribution in [0.15, 0.2) is 5.51 Å². The first-order valence-electron chi connectivity index (χ1n) is 2.57. The molecule has 1 rings (SSSR count). The van der Waals surface area contributed by atoms with E-state index in [0.717, 1.165) is 0 Å². The SMILES string of the molecule is NS(=O)(=O)Cc1ncsc1Cl. The zero-order valence-electron chi connectivity index (χ0n) is 5.32. The number of hydrogen-bond acceptors (Lipinski definition) is 4. The van der Waals surface area contributed by atoms with Gasteiger partial charge in [-0.1, -0.05) is 11.6 Å². The van der Waals surface area contributed by atoms with Gasteiger partial charge in [-0.25, -0.2) is 18.5 Å². The van der Waals surface area contributed by atoms with E-state index in [1.54, 1.807) is 0 Å². The van der Waals surface area contributed by atoms with Crippen molar-refractivity contribution in [2.45, 2.75) is 5.75 Å². The third-order valence-electron chi connectivity index (χ3n) is 0.930. The van der Waals surface area contributed by atoms with Crippen LogP contribution in [0, 0.1) is 0 Å². The second-order valence-corrected chi connectivity index (χ2v) is 4.95. The second kappa shape index (κ2) is 3.06. The van der Waals surface area contributed by atoms with Crippen LogP contribution in [0.25, 0.3) is 0 Å². The van der Waals surface area contributed by atoms with E-state index >= 15 is 0 Å². The fourth-order valence-corrected chi connectivity index (χ4v) is 2.08. The van der Waals surface area contributed by atoms with Crippen LogP contribution in [0.1, 0.15) is 5.69 Å². The molecule has 7 heteroatoms. The Morgan fingerprint density at radius 1 is 1.73 bits per heavy atom. The number of thiazole rings is 1. The van der Waals surface area contributed by atoms with E-state index in [1.807, 2.05) is 0 Å². The predicted molar refractivity (Wildman–Crippen MR) is 43.9 cm³/mol. The fourth-order valence-electron chi connectivity index (χ4n) is 0.540. The van der Waals surface area contributed by atoms with Gasteiger partial charge in [-0.3, -0.25) is 0 Å². The molecule has 0 bridgehead atoms. The highest BCUT2D eigenvalue weighted by Crippen LogP contribution is 2.20. The monoisotopic (exact) mass is 212 g/mol. The molecule has 0 unspecified atom stereocenters. The van der Waals surface area contributed by atoms with E-state index < -0.39 is 10.0 Å².